The van der Waals surface area contributed by atoms with Gasteiger partial charge in [-0.2, -0.15) is 0 Å². The van der Waals surface area contributed by atoms with Gasteiger partial charge in [-0.15, -0.1) is 0 Å². The van der Waals surface area contributed by atoms with E-state index in [1.54, 1.807) is 6.07 Å². The zero-order valence-corrected chi connectivity index (χ0v) is 12.0. The summed E-state index contributed by atoms with van der Waals surface area (Å²) in [6.07, 6.45) is -3.07. The zero-order chi connectivity index (χ0) is 13.9. The second-order valence-electron chi connectivity index (χ2n) is 3.53. The first-order chi connectivity index (χ1) is 8.42. The molecule has 0 bridgehead atoms. The first-order valence-electron chi connectivity index (χ1n) is 4.99. The van der Waals surface area contributed by atoms with E-state index in [9.17, 15) is 15.0 Å². The van der Waals surface area contributed by atoms with Gasteiger partial charge in [0.1, 0.15) is 6.10 Å². The molecule has 4 N–H and O–H groups in total. The fraction of sp³-hybridized carbons (Fsp3) is 0.364. The number of hydrogen-bond acceptors (Lipinski definition) is 5. The first-order valence-corrected chi connectivity index (χ1v) is 6.07. The average molecular weight is 367 g/mol. The highest BCUT2D eigenvalue weighted by atomic mass is 127. The molecule has 0 spiro atoms. The Labute approximate surface area is 118 Å². The van der Waals surface area contributed by atoms with E-state index in [0.717, 1.165) is 0 Å². The van der Waals surface area contributed by atoms with E-state index in [2.05, 4.69) is 0 Å². The molecule has 100 valence electrons. The normalized spacial score (nSPS) is 13.8. The van der Waals surface area contributed by atoms with Crippen molar-refractivity contribution >= 4 is 28.5 Å². The van der Waals surface area contributed by atoms with E-state index in [4.69, 9.17) is 15.2 Å². The number of carbonyl (C=O) groups is 1. The molecule has 0 aromatic heterocycles. The molecule has 0 fully saturated rings. The summed E-state index contributed by atoms with van der Waals surface area (Å²) in [6, 6.07) is 3.07. The molecule has 0 heterocycles. The van der Waals surface area contributed by atoms with Crippen molar-refractivity contribution in [1.82, 2.24) is 0 Å². The zero-order valence-electron chi connectivity index (χ0n) is 9.88. The van der Waals surface area contributed by atoms with Crippen LogP contribution in [-0.4, -0.2) is 36.4 Å². The Morgan fingerprint density at radius 3 is 2.39 bits per heavy atom. The molecule has 1 aromatic carbocycles. The molecular weight excluding hydrogens is 353 g/mol. The van der Waals surface area contributed by atoms with Gasteiger partial charge in [0, 0.05) is 0 Å². The van der Waals surface area contributed by atoms with Crippen molar-refractivity contribution in [2.24, 2.45) is 5.73 Å². The van der Waals surface area contributed by atoms with E-state index in [1.165, 1.54) is 20.3 Å². The van der Waals surface area contributed by atoms with Crippen LogP contribution in [0.5, 0.6) is 11.5 Å². The monoisotopic (exact) mass is 367 g/mol. The first kappa shape index (κ1) is 15.0. The van der Waals surface area contributed by atoms with Gasteiger partial charge in [-0.3, -0.25) is 4.79 Å². The van der Waals surface area contributed by atoms with E-state index in [1.807, 2.05) is 22.6 Å². The smallest absolute Gasteiger partial charge is 0.249 e. The summed E-state index contributed by atoms with van der Waals surface area (Å²) in [5, 5.41) is 19.2. The number of primary amides is 1. The fourth-order valence-corrected chi connectivity index (χ4v) is 2.29. The number of ether oxygens (including phenoxy) is 2. The number of nitrogens with two attached hydrogens (primary N) is 1. The SMILES string of the molecule is COc1cc(C(O)C(O)C(N)=O)cc(I)c1OC. The van der Waals surface area contributed by atoms with Gasteiger partial charge < -0.3 is 25.4 Å². The number of aliphatic hydroxyl groups excluding tert-OH is 2. The minimum Gasteiger partial charge on any atom is -0.493 e. The van der Waals surface area contributed by atoms with E-state index in [0.29, 0.717) is 20.6 Å². The van der Waals surface area contributed by atoms with Gasteiger partial charge in [0.25, 0.3) is 0 Å². The van der Waals surface area contributed by atoms with Crippen LogP contribution < -0.4 is 15.2 Å². The highest BCUT2D eigenvalue weighted by molar-refractivity contribution is 14.1. The van der Waals surface area contributed by atoms with Gasteiger partial charge >= 0.3 is 0 Å². The molecule has 0 aliphatic heterocycles. The largest absolute Gasteiger partial charge is 0.493 e. The summed E-state index contributed by atoms with van der Waals surface area (Å²) in [6.45, 7) is 0. The molecule has 1 aromatic rings. The number of hydrogen-bond donors (Lipinski definition) is 3. The summed E-state index contributed by atoms with van der Waals surface area (Å²) in [5.74, 6) is -0.0787. The molecule has 0 saturated carbocycles. The molecule has 0 aliphatic rings. The molecule has 0 radical (unpaired) electrons. The molecular formula is C11H14INO5. The van der Waals surface area contributed by atoms with Gasteiger partial charge in [-0.1, -0.05) is 0 Å². The predicted octanol–water partition coefficient (Wildman–Crippen LogP) is 0.188. The highest BCUT2D eigenvalue weighted by Crippen LogP contribution is 2.35. The van der Waals surface area contributed by atoms with Crippen molar-refractivity contribution < 1.29 is 24.5 Å². The summed E-state index contributed by atoms with van der Waals surface area (Å²) >= 11 is 2.00. The Hall–Kier alpha value is -1.06. The maximum absolute atomic E-state index is 10.8. The second kappa shape index (κ2) is 6.21. The quantitative estimate of drug-likeness (QED) is 0.645. The van der Waals surface area contributed by atoms with E-state index < -0.39 is 18.1 Å². The van der Waals surface area contributed by atoms with Gasteiger partial charge in [-0.05, 0) is 40.3 Å². The third-order valence-electron chi connectivity index (χ3n) is 2.39. The third kappa shape index (κ3) is 3.03. The van der Waals surface area contributed by atoms with E-state index >= 15 is 0 Å². The second-order valence-corrected chi connectivity index (χ2v) is 4.69. The summed E-state index contributed by atoms with van der Waals surface area (Å²) < 4.78 is 10.9. The molecule has 1 rings (SSSR count). The minimum atomic E-state index is -1.67. The fourth-order valence-electron chi connectivity index (χ4n) is 1.45. The van der Waals surface area contributed by atoms with E-state index in [-0.39, 0.29) is 0 Å². The number of methoxy groups -OCH3 is 2. The molecule has 1 amide bonds. The number of benzene rings is 1. The standard InChI is InChI=1S/C11H14INO5/c1-17-7-4-5(3-6(12)10(7)18-2)8(14)9(15)11(13)16/h3-4,8-9,14-15H,1-2H3,(H2,13,16). The highest BCUT2D eigenvalue weighted by Gasteiger charge is 2.25. The summed E-state index contributed by atoms with van der Waals surface area (Å²) in [5.41, 5.74) is 5.25. The molecule has 6 nitrogen and oxygen atoms in total. The number of carbonyl (C=O) groups excluding carboxylic acids is 1. The molecule has 0 saturated heterocycles. The lowest BCUT2D eigenvalue weighted by Gasteiger charge is -2.18. The van der Waals surface area contributed by atoms with Crippen molar-refractivity contribution in [3.8, 4) is 11.5 Å². The van der Waals surface area contributed by atoms with Crippen LogP contribution in [0, 0.1) is 3.57 Å². The number of halogens is 1. The topological polar surface area (TPSA) is 102 Å². The molecule has 7 heteroatoms. The lowest BCUT2D eigenvalue weighted by atomic mass is 10.0. The van der Waals surface area contributed by atoms with Gasteiger partial charge in [-0.25, -0.2) is 0 Å². The molecule has 2 unspecified atom stereocenters. The third-order valence-corrected chi connectivity index (χ3v) is 3.19. The average Bonchev–Trinajstić information content (AvgIpc) is 2.35. The van der Waals surface area contributed by atoms with Gasteiger partial charge in [0.2, 0.25) is 5.91 Å². The van der Waals surface area contributed by atoms with Crippen LogP contribution in [0.25, 0.3) is 0 Å². The van der Waals surface area contributed by atoms with Crippen LogP contribution in [0.1, 0.15) is 11.7 Å². The Bertz CT molecular complexity index is 451. The van der Waals surface area contributed by atoms with Crippen molar-refractivity contribution in [3.05, 3.63) is 21.3 Å². The van der Waals surface area contributed by atoms with Gasteiger partial charge in [0.15, 0.2) is 17.6 Å². The van der Waals surface area contributed by atoms with Gasteiger partial charge in [0.05, 0.1) is 17.8 Å². The number of aliphatic hydroxyl groups is 2. The predicted molar refractivity (Wildman–Crippen MR) is 72.4 cm³/mol. The molecule has 0 aliphatic carbocycles. The molecule has 18 heavy (non-hydrogen) atoms. The van der Waals surface area contributed by atoms with Crippen LogP contribution in [0.2, 0.25) is 0 Å². The molecule has 2 atom stereocenters. The Kier molecular flexibility index (Phi) is 5.17. The maximum atomic E-state index is 10.8. The van der Waals surface area contributed by atoms with Crippen LogP contribution >= 0.6 is 22.6 Å². The van der Waals surface area contributed by atoms with Crippen LogP contribution in [-0.2, 0) is 4.79 Å². The number of rotatable bonds is 5. The Balaban J connectivity index is 3.19. The van der Waals surface area contributed by atoms with Crippen LogP contribution in [0.4, 0.5) is 0 Å². The maximum Gasteiger partial charge on any atom is 0.249 e. The Morgan fingerprint density at radius 1 is 1.33 bits per heavy atom. The van der Waals surface area contributed by atoms with Crippen molar-refractivity contribution in [2.45, 2.75) is 12.2 Å². The summed E-state index contributed by atoms with van der Waals surface area (Å²) in [7, 11) is 2.95. The lowest BCUT2D eigenvalue weighted by Crippen LogP contribution is -2.33. The van der Waals surface area contributed by atoms with Crippen molar-refractivity contribution in [2.75, 3.05) is 14.2 Å². The van der Waals surface area contributed by atoms with Crippen LogP contribution in [0.3, 0.4) is 0 Å². The lowest BCUT2D eigenvalue weighted by molar-refractivity contribution is -0.131. The summed E-state index contributed by atoms with van der Waals surface area (Å²) in [4.78, 5) is 10.8. The Morgan fingerprint density at radius 2 is 1.94 bits per heavy atom. The van der Waals surface area contributed by atoms with Crippen molar-refractivity contribution in [3.63, 3.8) is 0 Å². The number of amides is 1. The van der Waals surface area contributed by atoms with Crippen LogP contribution in [0.15, 0.2) is 12.1 Å². The van der Waals surface area contributed by atoms with Crippen molar-refractivity contribution in [1.29, 1.82) is 0 Å². The minimum absolute atomic E-state index is 0.323.